The summed E-state index contributed by atoms with van der Waals surface area (Å²) >= 11 is 1.58. The van der Waals surface area contributed by atoms with E-state index in [1.54, 1.807) is 16.7 Å². The van der Waals surface area contributed by atoms with Crippen LogP contribution in [-0.4, -0.2) is 46.6 Å². The first-order valence-corrected chi connectivity index (χ1v) is 5.10. The molecule has 1 aliphatic rings. The highest BCUT2D eigenvalue weighted by Gasteiger charge is 2.30. The zero-order valence-corrected chi connectivity index (χ0v) is 8.30. The van der Waals surface area contributed by atoms with E-state index in [1.165, 1.54) is 0 Å². The number of hydrogen-bond donors (Lipinski definition) is 1. The molecule has 0 aromatic heterocycles. The van der Waals surface area contributed by atoms with E-state index in [9.17, 15) is 4.79 Å². The van der Waals surface area contributed by atoms with Crippen LogP contribution in [0, 0.1) is 0 Å². The molecule has 1 amide bonds. The second kappa shape index (κ2) is 4.14. The van der Waals surface area contributed by atoms with Crippen LogP contribution in [0.5, 0.6) is 0 Å². The predicted molar refractivity (Wildman–Crippen MR) is 50.2 cm³/mol. The van der Waals surface area contributed by atoms with Crippen LogP contribution in [0.4, 0.5) is 0 Å². The summed E-state index contributed by atoms with van der Waals surface area (Å²) in [6.07, 6.45) is 0.921. The van der Waals surface area contributed by atoms with Gasteiger partial charge in [0, 0.05) is 18.8 Å². The number of likely N-dealkylation sites (tertiary alicyclic amines) is 1. The number of carbonyl (C=O) groups is 1. The summed E-state index contributed by atoms with van der Waals surface area (Å²) in [4.78, 5) is 13.1. The molecule has 1 saturated heterocycles. The zero-order valence-electron chi connectivity index (χ0n) is 7.49. The van der Waals surface area contributed by atoms with Crippen molar-refractivity contribution in [3.8, 4) is 0 Å². The average molecular weight is 189 g/mol. The third-order valence-electron chi connectivity index (χ3n) is 2.03. The van der Waals surface area contributed by atoms with Gasteiger partial charge in [-0.15, -0.1) is 11.8 Å². The Morgan fingerprint density at radius 2 is 2.50 bits per heavy atom. The van der Waals surface area contributed by atoms with Gasteiger partial charge in [-0.2, -0.15) is 0 Å². The molecule has 1 N–H and O–H groups in total. The van der Waals surface area contributed by atoms with Crippen LogP contribution in [0.3, 0.4) is 0 Å². The first-order chi connectivity index (χ1) is 5.65. The fourth-order valence-electron chi connectivity index (χ4n) is 1.24. The smallest absolute Gasteiger partial charge is 0.235 e. The Kier molecular flexibility index (Phi) is 3.40. The van der Waals surface area contributed by atoms with Crippen molar-refractivity contribution in [3.05, 3.63) is 0 Å². The highest BCUT2D eigenvalue weighted by molar-refractivity contribution is 8.01. The van der Waals surface area contributed by atoms with Gasteiger partial charge in [-0.25, -0.2) is 0 Å². The van der Waals surface area contributed by atoms with Gasteiger partial charge in [0.1, 0.15) is 0 Å². The summed E-state index contributed by atoms with van der Waals surface area (Å²) in [5.74, 6) is 0.209. The van der Waals surface area contributed by atoms with Crippen molar-refractivity contribution in [1.82, 2.24) is 4.90 Å². The Balaban J connectivity index is 2.39. The Hall–Kier alpha value is -0.220. The lowest BCUT2D eigenvalue weighted by molar-refractivity contribution is -0.126. The van der Waals surface area contributed by atoms with Gasteiger partial charge in [-0.3, -0.25) is 4.79 Å². The normalized spacial score (nSPS) is 26.4. The van der Waals surface area contributed by atoms with Gasteiger partial charge in [0.2, 0.25) is 5.91 Å². The van der Waals surface area contributed by atoms with E-state index in [0.29, 0.717) is 0 Å². The van der Waals surface area contributed by atoms with E-state index in [4.69, 9.17) is 5.11 Å². The van der Waals surface area contributed by atoms with Crippen LogP contribution in [0.15, 0.2) is 0 Å². The minimum absolute atomic E-state index is 0.0807. The lowest BCUT2D eigenvalue weighted by Gasteiger charge is -2.13. The van der Waals surface area contributed by atoms with Crippen molar-refractivity contribution in [3.63, 3.8) is 0 Å². The molecule has 0 bridgehead atoms. The Morgan fingerprint density at radius 3 is 2.92 bits per heavy atom. The summed E-state index contributed by atoms with van der Waals surface area (Å²) in [7, 11) is 1.83. The first-order valence-electron chi connectivity index (χ1n) is 4.16. The molecule has 0 saturated carbocycles. The minimum atomic E-state index is 0.0807. The van der Waals surface area contributed by atoms with Gasteiger partial charge in [0.05, 0.1) is 11.9 Å². The third kappa shape index (κ3) is 2.14. The van der Waals surface area contributed by atoms with Gasteiger partial charge >= 0.3 is 0 Å². The number of aliphatic hydroxyl groups is 1. The van der Waals surface area contributed by atoms with Crippen molar-refractivity contribution >= 4 is 17.7 Å². The molecule has 0 radical (unpaired) electrons. The monoisotopic (exact) mass is 189 g/mol. The Morgan fingerprint density at radius 1 is 1.83 bits per heavy atom. The topological polar surface area (TPSA) is 40.5 Å². The van der Waals surface area contributed by atoms with Crippen molar-refractivity contribution < 1.29 is 9.90 Å². The predicted octanol–water partition coefficient (Wildman–Crippen LogP) is 0.331. The fraction of sp³-hybridized carbons (Fsp3) is 0.875. The van der Waals surface area contributed by atoms with E-state index in [-0.39, 0.29) is 23.0 Å². The summed E-state index contributed by atoms with van der Waals surface area (Å²) < 4.78 is 0. The largest absolute Gasteiger partial charge is 0.395 e. The summed E-state index contributed by atoms with van der Waals surface area (Å²) in [6, 6.07) is 0. The molecular formula is C8H15NO2S. The fourth-order valence-corrected chi connectivity index (χ4v) is 2.42. The standard InChI is InChI=1S/C8H15NO2S/c1-6(5-10)12-7-3-4-9(2)8(7)11/h6-7,10H,3-5H2,1-2H3. The van der Waals surface area contributed by atoms with Crippen molar-refractivity contribution in [2.45, 2.75) is 23.8 Å². The summed E-state index contributed by atoms with van der Waals surface area (Å²) in [5, 5.41) is 9.05. The van der Waals surface area contributed by atoms with E-state index >= 15 is 0 Å². The first kappa shape index (κ1) is 9.86. The molecule has 12 heavy (non-hydrogen) atoms. The lowest BCUT2D eigenvalue weighted by Crippen LogP contribution is -2.25. The van der Waals surface area contributed by atoms with Crippen LogP contribution >= 0.6 is 11.8 Å². The zero-order chi connectivity index (χ0) is 9.14. The van der Waals surface area contributed by atoms with Crippen LogP contribution in [0.25, 0.3) is 0 Å². The van der Waals surface area contributed by atoms with Crippen molar-refractivity contribution in [2.24, 2.45) is 0 Å². The van der Waals surface area contributed by atoms with Crippen LogP contribution in [0.2, 0.25) is 0 Å². The molecule has 1 rings (SSSR count). The van der Waals surface area contributed by atoms with Crippen molar-refractivity contribution in [2.75, 3.05) is 20.2 Å². The highest BCUT2D eigenvalue weighted by atomic mass is 32.2. The highest BCUT2D eigenvalue weighted by Crippen LogP contribution is 2.26. The SMILES string of the molecule is CC(CO)SC1CCN(C)C1=O. The Bertz CT molecular complexity index is 174. The van der Waals surface area contributed by atoms with Gasteiger partial charge in [-0.1, -0.05) is 6.92 Å². The average Bonchev–Trinajstić information content (AvgIpc) is 2.36. The maximum Gasteiger partial charge on any atom is 0.235 e. The summed E-state index contributed by atoms with van der Waals surface area (Å²) in [5.41, 5.74) is 0. The molecule has 2 atom stereocenters. The third-order valence-corrected chi connectivity index (χ3v) is 3.41. The molecule has 2 unspecified atom stereocenters. The van der Waals surface area contributed by atoms with E-state index < -0.39 is 0 Å². The van der Waals surface area contributed by atoms with Crippen LogP contribution in [-0.2, 0) is 4.79 Å². The molecule has 1 aliphatic heterocycles. The van der Waals surface area contributed by atoms with E-state index in [1.807, 2.05) is 14.0 Å². The second-order valence-corrected chi connectivity index (χ2v) is 4.81. The van der Waals surface area contributed by atoms with Crippen LogP contribution < -0.4 is 0 Å². The van der Waals surface area contributed by atoms with Gasteiger partial charge in [0.15, 0.2) is 0 Å². The quantitative estimate of drug-likeness (QED) is 0.695. The Labute approximate surface area is 77.1 Å². The number of hydrogen-bond acceptors (Lipinski definition) is 3. The molecule has 0 aliphatic carbocycles. The second-order valence-electron chi connectivity index (χ2n) is 3.17. The maximum absolute atomic E-state index is 11.4. The van der Waals surface area contributed by atoms with Crippen LogP contribution in [0.1, 0.15) is 13.3 Å². The molecule has 4 heteroatoms. The molecular weight excluding hydrogens is 174 g/mol. The summed E-state index contributed by atoms with van der Waals surface area (Å²) in [6.45, 7) is 2.95. The van der Waals surface area contributed by atoms with E-state index in [2.05, 4.69) is 0 Å². The van der Waals surface area contributed by atoms with Crippen molar-refractivity contribution in [1.29, 1.82) is 0 Å². The number of nitrogens with zero attached hydrogens (tertiary/aromatic N) is 1. The molecule has 0 aromatic rings. The van der Waals surface area contributed by atoms with Gasteiger partial charge < -0.3 is 10.0 Å². The van der Waals surface area contributed by atoms with Gasteiger partial charge in [-0.05, 0) is 6.42 Å². The molecule has 3 nitrogen and oxygen atoms in total. The lowest BCUT2D eigenvalue weighted by atomic mass is 10.4. The molecule has 70 valence electrons. The molecule has 1 heterocycles. The number of thioether (sulfide) groups is 1. The minimum Gasteiger partial charge on any atom is -0.395 e. The molecule has 0 aromatic carbocycles. The molecule has 1 fully saturated rings. The maximum atomic E-state index is 11.4. The van der Waals surface area contributed by atoms with E-state index in [0.717, 1.165) is 13.0 Å². The number of carbonyl (C=O) groups excluding carboxylic acids is 1. The number of aliphatic hydroxyl groups excluding tert-OH is 1. The number of rotatable bonds is 3. The molecule has 0 spiro atoms. The number of amides is 1. The van der Waals surface area contributed by atoms with Gasteiger partial charge in [0.25, 0.3) is 0 Å².